The van der Waals surface area contributed by atoms with E-state index in [0.717, 1.165) is 0 Å². The molecule has 1 aliphatic rings. The quantitative estimate of drug-likeness (QED) is 0.451. The van der Waals surface area contributed by atoms with Crippen molar-refractivity contribution in [2.24, 2.45) is 0 Å². The molecule has 0 radical (unpaired) electrons. The molecule has 150 valence electrons. The second-order valence-electron chi connectivity index (χ2n) is 6.63. The number of Topliss-reactive ketones (excluding diaryl/α,β-unsaturated/α-hetero) is 1. The fourth-order valence-electron chi connectivity index (χ4n) is 3.04. The topological polar surface area (TPSA) is 61.8 Å². The number of hydrogen-bond donors (Lipinski definition) is 0. The van der Waals surface area contributed by atoms with Crippen molar-refractivity contribution in [3.63, 3.8) is 0 Å². The van der Waals surface area contributed by atoms with E-state index in [4.69, 9.17) is 9.47 Å². The van der Waals surface area contributed by atoms with Crippen LogP contribution in [0.1, 0.15) is 31.8 Å². The van der Waals surface area contributed by atoms with Gasteiger partial charge >= 0.3 is 5.97 Å². The third-order valence-corrected chi connectivity index (χ3v) is 4.57. The number of hydrogen-bond acceptors (Lipinski definition) is 5. The van der Waals surface area contributed by atoms with E-state index in [1.807, 2.05) is 0 Å². The molecule has 0 saturated carbocycles. The monoisotopic (exact) mass is 404 g/mol. The highest BCUT2D eigenvalue weighted by Gasteiger charge is 2.27. The molecule has 0 aromatic heterocycles. The number of allylic oxidation sites excluding steroid dienone is 1. The Kier molecular flexibility index (Phi) is 5.30. The van der Waals surface area contributed by atoms with E-state index < -0.39 is 5.97 Å². The van der Waals surface area contributed by atoms with Gasteiger partial charge in [-0.1, -0.05) is 24.3 Å². The summed E-state index contributed by atoms with van der Waals surface area (Å²) in [6.07, 6.45) is 1.61. The van der Waals surface area contributed by atoms with Gasteiger partial charge in [0.2, 0.25) is 5.78 Å². The molecule has 6 heteroatoms. The Morgan fingerprint density at radius 3 is 2.60 bits per heavy atom. The van der Waals surface area contributed by atoms with E-state index >= 15 is 0 Å². The number of carbonyl (C=O) groups is 2. The second-order valence-corrected chi connectivity index (χ2v) is 6.63. The third-order valence-electron chi connectivity index (χ3n) is 4.57. The maximum atomic E-state index is 13.3. The van der Waals surface area contributed by atoms with Crippen LogP contribution < -0.4 is 9.47 Å². The van der Waals surface area contributed by atoms with Gasteiger partial charge in [0, 0.05) is 6.07 Å². The molecule has 30 heavy (non-hydrogen) atoms. The molecule has 0 aliphatic carbocycles. The number of carbonyl (C=O) groups excluding carboxylic acids is 2. The molecule has 0 unspecified atom stereocenters. The predicted octanol–water partition coefficient (Wildman–Crippen LogP) is 4.81. The van der Waals surface area contributed by atoms with Crippen molar-refractivity contribution in [1.82, 2.24) is 0 Å². The summed E-state index contributed by atoms with van der Waals surface area (Å²) in [5.41, 5.74) is 2.26. The molecule has 5 nitrogen and oxygen atoms in total. The molecule has 0 amide bonds. The van der Waals surface area contributed by atoms with Gasteiger partial charge in [0.1, 0.15) is 23.9 Å². The van der Waals surface area contributed by atoms with Crippen molar-refractivity contribution in [2.45, 2.75) is 6.61 Å². The Bertz CT molecular complexity index is 1150. The van der Waals surface area contributed by atoms with Crippen LogP contribution in [0.15, 0.2) is 72.5 Å². The Morgan fingerprint density at radius 2 is 1.87 bits per heavy atom. The summed E-state index contributed by atoms with van der Waals surface area (Å²) in [4.78, 5) is 24.1. The van der Waals surface area contributed by atoms with Gasteiger partial charge in [0.05, 0.1) is 18.2 Å². The van der Waals surface area contributed by atoms with Crippen LogP contribution in [-0.2, 0) is 11.3 Å². The van der Waals surface area contributed by atoms with Crippen molar-refractivity contribution in [2.75, 3.05) is 7.11 Å². The predicted molar refractivity (Wildman–Crippen MR) is 108 cm³/mol. The molecule has 1 aliphatic heterocycles. The van der Waals surface area contributed by atoms with E-state index in [2.05, 4.69) is 4.74 Å². The highest BCUT2D eigenvalue weighted by atomic mass is 19.1. The molecule has 4 rings (SSSR count). The standard InChI is InChI=1S/C24H17FO5/c1-28-24(27)17-7-5-15(6-8-17)12-22-23(26)20-10-9-19(13-21(20)30-22)29-14-16-3-2-4-18(25)11-16/h2-13H,14H2,1H3/b22-12-. The van der Waals surface area contributed by atoms with Gasteiger partial charge in [-0.3, -0.25) is 4.79 Å². The molecule has 3 aromatic carbocycles. The molecule has 0 bridgehead atoms. The minimum Gasteiger partial charge on any atom is -0.489 e. The van der Waals surface area contributed by atoms with E-state index in [1.165, 1.54) is 19.2 Å². The van der Waals surface area contributed by atoms with Crippen molar-refractivity contribution in [3.05, 3.63) is 101 Å². The molecule has 3 aromatic rings. The molecule has 0 N–H and O–H groups in total. The van der Waals surface area contributed by atoms with Gasteiger partial charge in [-0.2, -0.15) is 0 Å². The lowest BCUT2D eigenvalue weighted by molar-refractivity contribution is 0.0600. The molecule has 0 saturated heterocycles. The smallest absolute Gasteiger partial charge is 0.337 e. The first-order chi connectivity index (χ1) is 14.5. The molecule has 0 spiro atoms. The van der Waals surface area contributed by atoms with Crippen molar-refractivity contribution >= 4 is 17.8 Å². The Hall–Kier alpha value is -3.93. The minimum atomic E-state index is -0.430. The van der Waals surface area contributed by atoms with Crippen LogP contribution in [0, 0.1) is 5.82 Å². The van der Waals surface area contributed by atoms with Crippen LogP contribution >= 0.6 is 0 Å². The van der Waals surface area contributed by atoms with Gasteiger partial charge in [0.15, 0.2) is 5.76 Å². The lowest BCUT2D eigenvalue weighted by atomic mass is 10.1. The summed E-state index contributed by atoms with van der Waals surface area (Å²) in [6.45, 7) is 0.194. The van der Waals surface area contributed by atoms with Crippen LogP contribution in [0.3, 0.4) is 0 Å². The first kappa shape index (κ1) is 19.4. The van der Waals surface area contributed by atoms with Gasteiger partial charge in [0.25, 0.3) is 0 Å². The Balaban J connectivity index is 1.48. The molecular weight excluding hydrogens is 387 g/mol. The van der Waals surface area contributed by atoms with Gasteiger partial charge in [-0.15, -0.1) is 0 Å². The fraction of sp³-hybridized carbons (Fsp3) is 0.0833. The number of esters is 1. The summed E-state index contributed by atoms with van der Waals surface area (Å²) < 4.78 is 29.3. The van der Waals surface area contributed by atoms with E-state index in [-0.39, 0.29) is 24.0 Å². The average Bonchev–Trinajstić information content (AvgIpc) is 3.07. The maximum absolute atomic E-state index is 13.3. The average molecular weight is 404 g/mol. The zero-order valence-electron chi connectivity index (χ0n) is 16.1. The van der Waals surface area contributed by atoms with Crippen LogP contribution in [0.2, 0.25) is 0 Å². The summed E-state index contributed by atoms with van der Waals surface area (Å²) in [5, 5.41) is 0. The number of methoxy groups -OCH3 is 1. The second kappa shape index (κ2) is 8.21. The summed E-state index contributed by atoms with van der Waals surface area (Å²) in [5.74, 6) is 0.0921. The summed E-state index contributed by atoms with van der Waals surface area (Å²) >= 11 is 0. The summed E-state index contributed by atoms with van der Waals surface area (Å²) in [6, 6.07) is 17.7. The first-order valence-corrected chi connectivity index (χ1v) is 9.17. The fourth-order valence-corrected chi connectivity index (χ4v) is 3.04. The van der Waals surface area contributed by atoms with E-state index in [1.54, 1.807) is 60.7 Å². The normalized spacial score (nSPS) is 13.7. The van der Waals surface area contributed by atoms with Gasteiger partial charge < -0.3 is 14.2 Å². The minimum absolute atomic E-state index is 0.179. The number of ketones is 1. The van der Waals surface area contributed by atoms with Crippen molar-refractivity contribution in [3.8, 4) is 11.5 Å². The SMILES string of the molecule is COC(=O)c1ccc(/C=C2\Oc3cc(OCc4cccc(F)c4)ccc3C2=O)cc1. The first-order valence-electron chi connectivity index (χ1n) is 9.17. The van der Waals surface area contributed by atoms with Crippen molar-refractivity contribution < 1.29 is 28.2 Å². The molecule has 1 heterocycles. The van der Waals surface area contributed by atoms with Crippen LogP contribution in [0.5, 0.6) is 11.5 Å². The third kappa shape index (κ3) is 4.07. The van der Waals surface area contributed by atoms with E-state index in [0.29, 0.717) is 33.8 Å². The van der Waals surface area contributed by atoms with E-state index in [9.17, 15) is 14.0 Å². The largest absolute Gasteiger partial charge is 0.489 e. The number of rotatable bonds is 5. The highest BCUT2D eigenvalue weighted by molar-refractivity contribution is 6.14. The lowest BCUT2D eigenvalue weighted by Crippen LogP contribution is -2.01. The molecular formula is C24H17FO5. The van der Waals surface area contributed by atoms with Crippen molar-refractivity contribution in [1.29, 1.82) is 0 Å². The Morgan fingerprint density at radius 1 is 1.07 bits per heavy atom. The number of halogens is 1. The van der Waals surface area contributed by atoms with Crippen LogP contribution in [0.25, 0.3) is 6.08 Å². The highest BCUT2D eigenvalue weighted by Crippen LogP contribution is 2.35. The van der Waals surface area contributed by atoms with Crippen LogP contribution in [0.4, 0.5) is 4.39 Å². The zero-order chi connectivity index (χ0) is 21.1. The van der Waals surface area contributed by atoms with Gasteiger partial charge in [-0.05, 0) is 53.6 Å². The zero-order valence-corrected chi connectivity index (χ0v) is 16.1. The number of ether oxygens (including phenoxy) is 3. The molecule has 0 atom stereocenters. The maximum Gasteiger partial charge on any atom is 0.337 e. The Labute approximate surface area is 172 Å². The number of fused-ring (bicyclic) bond motifs is 1. The lowest BCUT2D eigenvalue weighted by Gasteiger charge is -2.07. The summed E-state index contributed by atoms with van der Waals surface area (Å²) in [7, 11) is 1.32. The number of benzene rings is 3. The van der Waals surface area contributed by atoms with Gasteiger partial charge in [-0.25, -0.2) is 9.18 Å². The van der Waals surface area contributed by atoms with Crippen LogP contribution in [-0.4, -0.2) is 18.9 Å². The molecule has 0 fully saturated rings.